The Hall–Kier alpha value is -1.51. The molecule has 1 aromatic heterocycles. The molecule has 12 heavy (non-hydrogen) atoms. The zero-order valence-electron chi connectivity index (χ0n) is 7.23. The summed E-state index contributed by atoms with van der Waals surface area (Å²) in [5.41, 5.74) is 1.91. The molecule has 0 aliphatic rings. The van der Waals surface area contributed by atoms with Crippen molar-refractivity contribution in [1.29, 1.82) is 0 Å². The monoisotopic (exact) mass is 161 g/mol. The largest absolute Gasteiger partial charge is 0.296 e. The third-order valence-electron chi connectivity index (χ3n) is 1.46. The quantitative estimate of drug-likeness (QED) is 0.617. The molecule has 3 heteroatoms. The lowest BCUT2D eigenvalue weighted by molar-refractivity contribution is 1.15. The molecule has 62 valence electrons. The summed E-state index contributed by atoms with van der Waals surface area (Å²) in [6.07, 6.45) is 7.00. The zero-order chi connectivity index (χ0) is 8.81. The van der Waals surface area contributed by atoms with Crippen LogP contribution in [0.3, 0.4) is 0 Å². The second-order valence-corrected chi connectivity index (χ2v) is 2.23. The summed E-state index contributed by atoms with van der Waals surface area (Å²) < 4.78 is 0. The summed E-state index contributed by atoms with van der Waals surface area (Å²) in [6.45, 7) is 1.96. The number of aliphatic imine (C=N–C) groups is 1. The maximum Gasteiger partial charge on any atom is 0.116 e. The molecule has 0 fully saturated rings. The predicted molar refractivity (Wildman–Crippen MR) is 50.1 cm³/mol. The highest BCUT2D eigenvalue weighted by Gasteiger charge is 1.95. The first kappa shape index (κ1) is 8.59. The third kappa shape index (κ3) is 1.99. The van der Waals surface area contributed by atoms with Crippen molar-refractivity contribution in [2.24, 2.45) is 4.99 Å². The highest BCUT2D eigenvalue weighted by Crippen LogP contribution is 2.06. The Morgan fingerprint density at radius 1 is 1.58 bits per heavy atom. The smallest absolute Gasteiger partial charge is 0.116 e. The van der Waals surface area contributed by atoms with Gasteiger partial charge in [-0.25, -0.2) is 9.97 Å². The van der Waals surface area contributed by atoms with E-state index in [9.17, 15) is 0 Å². The summed E-state index contributed by atoms with van der Waals surface area (Å²) in [4.78, 5) is 11.9. The molecule has 0 aliphatic heterocycles. The Morgan fingerprint density at radius 3 is 2.92 bits per heavy atom. The van der Waals surface area contributed by atoms with Gasteiger partial charge < -0.3 is 0 Å². The van der Waals surface area contributed by atoms with E-state index in [2.05, 4.69) is 15.0 Å². The van der Waals surface area contributed by atoms with Gasteiger partial charge >= 0.3 is 0 Å². The highest BCUT2D eigenvalue weighted by atomic mass is 14.8. The lowest BCUT2D eigenvalue weighted by atomic mass is 10.2. The van der Waals surface area contributed by atoms with Gasteiger partial charge in [-0.1, -0.05) is 6.08 Å². The Labute approximate surface area is 71.9 Å². The minimum absolute atomic E-state index is 0.901. The van der Waals surface area contributed by atoms with Crippen LogP contribution in [0.2, 0.25) is 0 Å². The SMILES string of the molecule is C/C=C(\C=NC)c1ccncn1. The van der Waals surface area contributed by atoms with E-state index in [-0.39, 0.29) is 0 Å². The minimum Gasteiger partial charge on any atom is -0.296 e. The molecule has 1 heterocycles. The fourth-order valence-corrected chi connectivity index (χ4v) is 0.889. The van der Waals surface area contributed by atoms with Crippen LogP contribution in [-0.2, 0) is 0 Å². The Bertz CT molecular complexity index is 288. The first-order chi connectivity index (χ1) is 5.88. The fourth-order valence-electron chi connectivity index (χ4n) is 0.889. The van der Waals surface area contributed by atoms with Gasteiger partial charge in [0.15, 0.2) is 0 Å². The maximum absolute atomic E-state index is 4.10. The van der Waals surface area contributed by atoms with Crippen molar-refractivity contribution in [3.63, 3.8) is 0 Å². The summed E-state index contributed by atoms with van der Waals surface area (Å²) in [6, 6.07) is 1.86. The van der Waals surface area contributed by atoms with Crippen molar-refractivity contribution < 1.29 is 0 Å². The number of allylic oxidation sites excluding steroid dienone is 2. The number of rotatable bonds is 2. The van der Waals surface area contributed by atoms with Gasteiger partial charge in [-0.15, -0.1) is 0 Å². The van der Waals surface area contributed by atoms with Gasteiger partial charge in [0.1, 0.15) is 6.33 Å². The van der Waals surface area contributed by atoms with Crippen molar-refractivity contribution in [3.05, 3.63) is 30.4 Å². The van der Waals surface area contributed by atoms with Crippen molar-refractivity contribution in [3.8, 4) is 0 Å². The first-order valence-corrected chi connectivity index (χ1v) is 3.73. The summed E-state index contributed by atoms with van der Waals surface area (Å²) in [7, 11) is 1.74. The number of hydrogen-bond donors (Lipinski definition) is 0. The molecule has 0 radical (unpaired) electrons. The van der Waals surface area contributed by atoms with Gasteiger partial charge in [0.25, 0.3) is 0 Å². The molecule has 0 aromatic carbocycles. The number of hydrogen-bond acceptors (Lipinski definition) is 3. The first-order valence-electron chi connectivity index (χ1n) is 3.73. The van der Waals surface area contributed by atoms with Crippen LogP contribution in [0.4, 0.5) is 0 Å². The molecule has 0 unspecified atom stereocenters. The molecule has 3 nitrogen and oxygen atoms in total. The van der Waals surface area contributed by atoms with E-state index in [1.54, 1.807) is 19.5 Å². The van der Waals surface area contributed by atoms with Crippen LogP contribution in [-0.4, -0.2) is 23.2 Å². The average molecular weight is 161 g/mol. The Kier molecular flexibility index (Phi) is 3.14. The summed E-state index contributed by atoms with van der Waals surface area (Å²) in [5, 5.41) is 0. The standard InChI is InChI=1S/C9H11N3/c1-3-8(6-10-2)9-4-5-11-7-12-9/h3-7H,1-2H3/b8-3+,10-6?. The van der Waals surface area contributed by atoms with Gasteiger partial charge in [0.2, 0.25) is 0 Å². The molecular weight excluding hydrogens is 150 g/mol. The fraction of sp³-hybridized carbons (Fsp3) is 0.222. The van der Waals surface area contributed by atoms with Crippen LogP contribution >= 0.6 is 0 Å². The molecule has 0 atom stereocenters. The van der Waals surface area contributed by atoms with Crippen molar-refractivity contribution in [2.45, 2.75) is 6.92 Å². The van der Waals surface area contributed by atoms with Gasteiger partial charge in [-0.3, -0.25) is 4.99 Å². The lowest BCUT2D eigenvalue weighted by Gasteiger charge is -1.97. The molecule has 0 N–H and O–H groups in total. The normalized spacial score (nSPS) is 12.3. The summed E-state index contributed by atoms with van der Waals surface area (Å²) in [5.74, 6) is 0. The minimum atomic E-state index is 0.901. The van der Waals surface area contributed by atoms with Crippen molar-refractivity contribution >= 4 is 11.8 Å². The Morgan fingerprint density at radius 2 is 2.42 bits per heavy atom. The molecule has 0 amide bonds. The van der Waals surface area contributed by atoms with E-state index < -0.39 is 0 Å². The molecule has 0 saturated carbocycles. The van der Waals surface area contributed by atoms with Gasteiger partial charge in [0.05, 0.1) is 5.69 Å². The topological polar surface area (TPSA) is 38.1 Å². The van der Waals surface area contributed by atoms with Crippen LogP contribution in [0.25, 0.3) is 5.57 Å². The number of aromatic nitrogens is 2. The van der Waals surface area contributed by atoms with Crippen molar-refractivity contribution in [2.75, 3.05) is 7.05 Å². The van der Waals surface area contributed by atoms with Crippen LogP contribution in [0, 0.1) is 0 Å². The van der Waals surface area contributed by atoms with E-state index >= 15 is 0 Å². The molecule has 0 bridgehead atoms. The number of nitrogens with zero attached hydrogens (tertiary/aromatic N) is 3. The van der Waals surface area contributed by atoms with Crippen LogP contribution < -0.4 is 0 Å². The molecule has 1 aromatic rings. The average Bonchev–Trinajstić information content (AvgIpc) is 2.15. The van der Waals surface area contributed by atoms with Gasteiger partial charge in [0, 0.05) is 25.0 Å². The molecule has 0 aliphatic carbocycles. The maximum atomic E-state index is 4.10. The zero-order valence-corrected chi connectivity index (χ0v) is 7.23. The van der Waals surface area contributed by atoms with E-state index in [4.69, 9.17) is 0 Å². The lowest BCUT2D eigenvalue weighted by Crippen LogP contribution is -1.90. The van der Waals surface area contributed by atoms with E-state index in [0.717, 1.165) is 11.3 Å². The van der Waals surface area contributed by atoms with E-state index in [0.29, 0.717) is 0 Å². The second-order valence-electron chi connectivity index (χ2n) is 2.23. The van der Waals surface area contributed by atoms with Crippen LogP contribution in [0.1, 0.15) is 12.6 Å². The molecule has 1 rings (SSSR count). The van der Waals surface area contributed by atoms with Gasteiger partial charge in [-0.2, -0.15) is 0 Å². The van der Waals surface area contributed by atoms with E-state index in [1.165, 1.54) is 6.33 Å². The van der Waals surface area contributed by atoms with Crippen molar-refractivity contribution in [1.82, 2.24) is 9.97 Å². The molecule has 0 saturated heterocycles. The Balaban J connectivity index is 2.97. The molecule has 0 spiro atoms. The highest BCUT2D eigenvalue weighted by molar-refractivity contribution is 6.08. The van der Waals surface area contributed by atoms with E-state index in [1.807, 2.05) is 19.1 Å². The second kappa shape index (κ2) is 4.38. The van der Waals surface area contributed by atoms with Crippen LogP contribution in [0.15, 0.2) is 29.7 Å². The summed E-state index contributed by atoms with van der Waals surface area (Å²) >= 11 is 0. The predicted octanol–water partition coefficient (Wildman–Crippen LogP) is 1.58. The van der Waals surface area contributed by atoms with Crippen LogP contribution in [0.5, 0.6) is 0 Å². The van der Waals surface area contributed by atoms with Gasteiger partial charge in [-0.05, 0) is 13.0 Å². The molecular formula is C9H11N3. The third-order valence-corrected chi connectivity index (χ3v) is 1.46.